The smallest absolute Gasteiger partial charge is 0.254 e. The number of hydrogen-bond acceptors (Lipinski definition) is 9. The number of nitriles is 1. The minimum absolute atomic E-state index is 0.0755. The first-order valence-electron chi connectivity index (χ1n) is 17.5. The molecule has 10 heteroatoms. The molecular formula is C39H49N3O7. The Labute approximate surface area is 289 Å². The van der Waals surface area contributed by atoms with Gasteiger partial charge in [0.05, 0.1) is 29.9 Å². The van der Waals surface area contributed by atoms with Gasteiger partial charge in [0.25, 0.3) is 5.91 Å². The van der Waals surface area contributed by atoms with E-state index in [4.69, 9.17) is 14.3 Å². The van der Waals surface area contributed by atoms with Gasteiger partial charge in [0, 0.05) is 43.2 Å². The minimum Gasteiger partial charge on any atom is -0.508 e. The first kappa shape index (κ1) is 36.1. The molecule has 1 saturated carbocycles. The van der Waals surface area contributed by atoms with Crippen LogP contribution in [0, 0.1) is 29.1 Å². The number of unbranched alkanes of at least 4 members (excludes halogenated alkanes) is 2. The van der Waals surface area contributed by atoms with Crippen molar-refractivity contribution in [1.29, 1.82) is 5.26 Å². The molecule has 1 fully saturated rings. The van der Waals surface area contributed by atoms with Crippen LogP contribution in [-0.4, -0.2) is 77.1 Å². The van der Waals surface area contributed by atoms with Crippen LogP contribution in [0.4, 0.5) is 0 Å². The summed E-state index contributed by atoms with van der Waals surface area (Å²) in [4.78, 5) is 21.8. The summed E-state index contributed by atoms with van der Waals surface area (Å²) < 4.78 is 14.0. The van der Waals surface area contributed by atoms with Crippen molar-refractivity contribution in [3.05, 3.63) is 83.5 Å². The molecule has 0 saturated heterocycles. The maximum Gasteiger partial charge on any atom is 0.254 e. The molecule has 0 radical (unpaired) electrons. The number of allylic oxidation sites excluding steroid dienone is 1. The Morgan fingerprint density at radius 2 is 1.88 bits per heavy atom. The molecule has 0 bridgehead atoms. The third-order valence-electron chi connectivity index (χ3n) is 10.2. The van der Waals surface area contributed by atoms with Crippen molar-refractivity contribution in [1.82, 2.24) is 4.90 Å². The fourth-order valence-electron chi connectivity index (χ4n) is 8.26. The fraction of sp³-hybridized carbons (Fsp3) is 0.513. The van der Waals surface area contributed by atoms with Crippen LogP contribution in [0.25, 0.3) is 0 Å². The predicted octanol–water partition coefficient (Wildman–Crippen LogP) is 6.08. The second kappa shape index (κ2) is 16.5. The Bertz CT molecular complexity index is 1570. The molecule has 3 aliphatic rings. The molecule has 1 amide bonds. The number of carbonyl (C=O) groups excluding carboxylic acids is 1. The van der Waals surface area contributed by atoms with E-state index in [1.54, 1.807) is 48.5 Å². The number of aliphatic hydroxyl groups excluding tert-OH is 2. The number of aromatic hydroxyl groups is 1. The van der Waals surface area contributed by atoms with Crippen LogP contribution in [0.1, 0.15) is 85.7 Å². The highest BCUT2D eigenvalue weighted by atomic mass is 16.7. The highest BCUT2D eigenvalue weighted by Crippen LogP contribution is 2.61. The van der Waals surface area contributed by atoms with Crippen LogP contribution in [0.2, 0.25) is 0 Å². The van der Waals surface area contributed by atoms with Crippen LogP contribution in [0.15, 0.2) is 71.9 Å². The molecule has 3 N–H and O–H groups in total. The highest BCUT2D eigenvalue weighted by molar-refractivity contribution is 6.03. The molecule has 5 rings (SSSR count). The Balaban J connectivity index is 1.76. The number of amides is 1. The molecular weight excluding hydrogens is 622 g/mol. The summed E-state index contributed by atoms with van der Waals surface area (Å²) in [5, 5.41) is 44.2. The molecule has 49 heavy (non-hydrogen) atoms. The van der Waals surface area contributed by atoms with Crippen molar-refractivity contribution < 1.29 is 34.4 Å². The third kappa shape index (κ3) is 7.25. The van der Waals surface area contributed by atoms with Crippen LogP contribution in [0.3, 0.4) is 0 Å². The Hall–Kier alpha value is -4.17. The topological polar surface area (TPSA) is 145 Å². The molecule has 6 atom stereocenters. The minimum atomic E-state index is -1.36. The quantitative estimate of drug-likeness (QED) is 0.111. The standard InChI is InChI=1S/C39H49N3O7/c1-4-18-42(38(46)27-14-12-26(25-40)13-15-27)35-24-33(41-47-3)31-22-28(10-6-8-19-43)30(11-7-9-20-44)36-32-23-29(45)16-17-34(32)49-39(35,37(31)36)48-21-5-2/h5,12-17,22-23,28,30,35-37,43-45H,2,4,6-11,18-21,24H2,1,3H3/t28-,30+,35-,36+,37+,39+/m0/s1. The Morgan fingerprint density at radius 1 is 1.14 bits per heavy atom. The maximum atomic E-state index is 14.5. The molecule has 2 aromatic carbocycles. The molecule has 0 spiro atoms. The second-order valence-electron chi connectivity index (χ2n) is 13.2. The molecule has 262 valence electrons. The summed E-state index contributed by atoms with van der Waals surface area (Å²) in [7, 11) is 1.52. The number of ether oxygens (including phenoxy) is 2. The zero-order valence-electron chi connectivity index (χ0n) is 28.6. The van der Waals surface area contributed by atoms with E-state index in [9.17, 15) is 25.4 Å². The van der Waals surface area contributed by atoms with E-state index in [1.165, 1.54) is 7.11 Å². The van der Waals surface area contributed by atoms with Gasteiger partial charge in [0.1, 0.15) is 24.7 Å². The second-order valence-corrected chi connectivity index (χ2v) is 13.2. The molecule has 1 aliphatic heterocycles. The number of oxime groups is 1. The molecule has 0 unspecified atom stereocenters. The maximum absolute atomic E-state index is 14.5. The van der Waals surface area contributed by atoms with Gasteiger partial charge in [-0.05, 0) is 92.0 Å². The van der Waals surface area contributed by atoms with Gasteiger partial charge in [-0.15, -0.1) is 6.58 Å². The lowest BCUT2D eigenvalue weighted by Crippen LogP contribution is -2.70. The average molecular weight is 672 g/mol. The van der Waals surface area contributed by atoms with Crippen LogP contribution in [0.5, 0.6) is 11.5 Å². The number of hydrogen-bond donors (Lipinski definition) is 3. The SMILES string of the molecule is C=CCO[C@@]12Oc3ccc(O)cc3[C@H]3[C@H](CCCCO)[C@@H](CCCCO)C=C(C(=NOC)C[C@@H]1N(CCC)C(=O)c1ccc(C#N)cc1)[C@H]32. The van der Waals surface area contributed by atoms with Crippen molar-refractivity contribution in [3.63, 3.8) is 0 Å². The summed E-state index contributed by atoms with van der Waals surface area (Å²) in [5.41, 5.74) is 3.43. The van der Waals surface area contributed by atoms with E-state index in [0.29, 0.717) is 54.8 Å². The van der Waals surface area contributed by atoms with Crippen molar-refractivity contribution in [3.8, 4) is 17.6 Å². The van der Waals surface area contributed by atoms with Gasteiger partial charge >= 0.3 is 0 Å². The molecule has 2 aliphatic carbocycles. The monoisotopic (exact) mass is 671 g/mol. The normalized spacial score (nSPS) is 26.1. The van der Waals surface area contributed by atoms with Gasteiger partial charge in [-0.1, -0.05) is 37.1 Å². The van der Waals surface area contributed by atoms with E-state index in [0.717, 1.165) is 36.8 Å². The zero-order chi connectivity index (χ0) is 35.0. The first-order chi connectivity index (χ1) is 23.9. The number of rotatable bonds is 16. The van der Waals surface area contributed by atoms with Gasteiger partial charge in [-0.2, -0.15) is 5.26 Å². The van der Waals surface area contributed by atoms with Crippen molar-refractivity contribution in [2.24, 2.45) is 22.9 Å². The van der Waals surface area contributed by atoms with Gasteiger partial charge in [0.15, 0.2) is 0 Å². The van der Waals surface area contributed by atoms with E-state index in [1.807, 2.05) is 11.8 Å². The van der Waals surface area contributed by atoms with Gasteiger partial charge in [-0.25, -0.2) is 0 Å². The first-order valence-corrected chi connectivity index (χ1v) is 17.5. The highest BCUT2D eigenvalue weighted by Gasteiger charge is 2.65. The molecule has 1 heterocycles. The summed E-state index contributed by atoms with van der Waals surface area (Å²) in [6.07, 6.45) is 9.59. The van der Waals surface area contributed by atoms with Gasteiger partial charge < -0.3 is 34.5 Å². The number of nitrogens with zero attached hydrogens (tertiary/aromatic N) is 3. The van der Waals surface area contributed by atoms with Crippen molar-refractivity contribution >= 4 is 11.6 Å². The fourth-order valence-corrected chi connectivity index (χ4v) is 8.26. The predicted molar refractivity (Wildman–Crippen MR) is 186 cm³/mol. The summed E-state index contributed by atoms with van der Waals surface area (Å²) >= 11 is 0. The lowest BCUT2D eigenvalue weighted by Gasteiger charge is -2.60. The molecule has 10 nitrogen and oxygen atoms in total. The summed E-state index contributed by atoms with van der Waals surface area (Å²) in [6, 6.07) is 13.3. The van der Waals surface area contributed by atoms with Gasteiger partial charge in [-0.3, -0.25) is 4.79 Å². The van der Waals surface area contributed by atoms with E-state index >= 15 is 0 Å². The zero-order valence-corrected chi connectivity index (χ0v) is 28.6. The molecule has 2 aromatic rings. The van der Waals surface area contributed by atoms with E-state index in [-0.39, 0.29) is 49.2 Å². The van der Waals surface area contributed by atoms with Crippen molar-refractivity contribution in [2.75, 3.05) is 33.5 Å². The lowest BCUT2D eigenvalue weighted by molar-refractivity contribution is -0.254. The van der Waals surface area contributed by atoms with Crippen LogP contribution < -0.4 is 4.74 Å². The largest absolute Gasteiger partial charge is 0.508 e. The lowest BCUT2D eigenvalue weighted by atomic mass is 9.55. The van der Waals surface area contributed by atoms with Crippen LogP contribution >= 0.6 is 0 Å². The Kier molecular flexibility index (Phi) is 12.2. The number of fused-ring (bicyclic) bond motifs is 2. The summed E-state index contributed by atoms with van der Waals surface area (Å²) in [6.45, 7) is 6.76. The number of aliphatic hydroxyl groups is 2. The third-order valence-corrected chi connectivity index (χ3v) is 10.2. The van der Waals surface area contributed by atoms with E-state index in [2.05, 4.69) is 23.9 Å². The van der Waals surface area contributed by atoms with Crippen molar-refractivity contribution in [2.45, 2.75) is 76.0 Å². The van der Waals surface area contributed by atoms with Gasteiger partial charge in [0.2, 0.25) is 5.79 Å². The van der Waals surface area contributed by atoms with Crippen LogP contribution in [-0.2, 0) is 9.57 Å². The van der Waals surface area contributed by atoms with E-state index < -0.39 is 17.7 Å². The number of phenols is 1. The Morgan fingerprint density at radius 3 is 2.53 bits per heavy atom. The summed E-state index contributed by atoms with van der Waals surface area (Å²) in [5.74, 6) is -1.30. The number of carbonyl (C=O) groups is 1. The number of benzene rings is 2. The molecule has 0 aromatic heterocycles. The average Bonchev–Trinajstić information content (AvgIpc) is 3.11. The number of phenolic OH excluding ortho intramolecular Hbond substituents is 1.